The SMILES string of the molecule is CCOC(=O)CCN(C)c1cc(OC)ccc1[N+](=O)[O-]. The molecule has 0 amide bonds. The second-order valence-electron chi connectivity index (χ2n) is 4.09. The predicted octanol–water partition coefficient (Wildman–Crippen LogP) is 1.99. The molecule has 0 atom stereocenters. The van der Waals surface area contributed by atoms with Crippen molar-refractivity contribution in [3.63, 3.8) is 0 Å². The summed E-state index contributed by atoms with van der Waals surface area (Å²) in [4.78, 5) is 23.5. The van der Waals surface area contributed by atoms with Gasteiger partial charge in [-0.3, -0.25) is 14.9 Å². The third-order valence-corrected chi connectivity index (χ3v) is 2.75. The van der Waals surface area contributed by atoms with Crippen LogP contribution in [0.15, 0.2) is 18.2 Å². The lowest BCUT2D eigenvalue weighted by atomic mass is 10.2. The van der Waals surface area contributed by atoms with E-state index in [0.29, 0.717) is 24.6 Å². The van der Waals surface area contributed by atoms with Gasteiger partial charge in [-0.1, -0.05) is 0 Å². The number of benzene rings is 1. The van der Waals surface area contributed by atoms with E-state index in [1.807, 2.05) is 0 Å². The molecule has 0 saturated carbocycles. The zero-order chi connectivity index (χ0) is 15.1. The van der Waals surface area contributed by atoms with E-state index in [1.54, 1.807) is 24.9 Å². The number of carbonyl (C=O) groups is 1. The minimum Gasteiger partial charge on any atom is -0.497 e. The molecule has 0 aliphatic carbocycles. The summed E-state index contributed by atoms with van der Waals surface area (Å²) < 4.78 is 9.89. The molecule has 0 aromatic heterocycles. The van der Waals surface area contributed by atoms with Gasteiger partial charge in [0.15, 0.2) is 0 Å². The van der Waals surface area contributed by atoms with Crippen LogP contribution in [-0.2, 0) is 9.53 Å². The van der Waals surface area contributed by atoms with Crippen molar-refractivity contribution in [3.8, 4) is 5.75 Å². The molecule has 1 aromatic rings. The molecule has 7 nitrogen and oxygen atoms in total. The predicted molar refractivity (Wildman–Crippen MR) is 74.2 cm³/mol. The number of esters is 1. The maximum atomic E-state index is 11.3. The molecule has 0 unspecified atom stereocenters. The van der Waals surface area contributed by atoms with Crippen LogP contribution in [0.1, 0.15) is 13.3 Å². The summed E-state index contributed by atoms with van der Waals surface area (Å²) in [6, 6.07) is 4.49. The number of hydrogen-bond acceptors (Lipinski definition) is 6. The number of rotatable bonds is 7. The van der Waals surface area contributed by atoms with E-state index in [2.05, 4.69) is 0 Å². The molecule has 0 heterocycles. The van der Waals surface area contributed by atoms with E-state index in [1.165, 1.54) is 19.2 Å². The number of hydrogen-bond donors (Lipinski definition) is 0. The van der Waals surface area contributed by atoms with Gasteiger partial charge < -0.3 is 14.4 Å². The van der Waals surface area contributed by atoms with Crippen molar-refractivity contribution in [2.75, 3.05) is 32.2 Å². The summed E-state index contributed by atoms with van der Waals surface area (Å²) in [6.45, 7) is 2.38. The molecule has 1 rings (SSSR count). The molecule has 1 aromatic carbocycles. The fourth-order valence-corrected chi connectivity index (χ4v) is 1.70. The van der Waals surface area contributed by atoms with Crippen LogP contribution < -0.4 is 9.64 Å². The van der Waals surface area contributed by atoms with Gasteiger partial charge in [-0.15, -0.1) is 0 Å². The van der Waals surface area contributed by atoms with Crippen LogP contribution in [0, 0.1) is 10.1 Å². The highest BCUT2D eigenvalue weighted by Crippen LogP contribution is 2.31. The fourth-order valence-electron chi connectivity index (χ4n) is 1.70. The normalized spacial score (nSPS) is 9.95. The molecule has 0 bridgehead atoms. The van der Waals surface area contributed by atoms with E-state index in [9.17, 15) is 14.9 Å². The zero-order valence-corrected chi connectivity index (χ0v) is 11.8. The number of nitrogens with zero attached hydrogens (tertiary/aromatic N) is 2. The van der Waals surface area contributed by atoms with Crippen molar-refractivity contribution in [1.29, 1.82) is 0 Å². The Morgan fingerprint density at radius 3 is 2.70 bits per heavy atom. The third kappa shape index (κ3) is 4.11. The van der Waals surface area contributed by atoms with Crippen molar-refractivity contribution >= 4 is 17.3 Å². The van der Waals surface area contributed by atoms with Gasteiger partial charge in [-0.2, -0.15) is 0 Å². The average Bonchev–Trinajstić information content (AvgIpc) is 2.44. The molecule has 0 spiro atoms. The van der Waals surface area contributed by atoms with Crippen LogP contribution in [0.5, 0.6) is 5.75 Å². The molecule has 110 valence electrons. The quantitative estimate of drug-likeness (QED) is 0.432. The molecule has 7 heteroatoms. The first kappa shape index (κ1) is 15.7. The minimum atomic E-state index is -0.463. The van der Waals surface area contributed by atoms with E-state index in [-0.39, 0.29) is 18.1 Å². The Morgan fingerprint density at radius 2 is 2.15 bits per heavy atom. The van der Waals surface area contributed by atoms with Crippen molar-refractivity contribution < 1.29 is 19.2 Å². The summed E-state index contributed by atoms with van der Waals surface area (Å²) in [5, 5.41) is 11.0. The van der Waals surface area contributed by atoms with Crippen molar-refractivity contribution in [2.45, 2.75) is 13.3 Å². The summed E-state index contributed by atoms with van der Waals surface area (Å²) in [7, 11) is 3.17. The van der Waals surface area contributed by atoms with Gasteiger partial charge in [-0.05, 0) is 13.0 Å². The molecule has 0 fully saturated rings. The topological polar surface area (TPSA) is 81.9 Å². The highest BCUT2D eigenvalue weighted by atomic mass is 16.6. The molecular weight excluding hydrogens is 264 g/mol. The first-order valence-electron chi connectivity index (χ1n) is 6.18. The van der Waals surface area contributed by atoms with Gasteiger partial charge in [0.25, 0.3) is 5.69 Å². The number of ether oxygens (including phenoxy) is 2. The number of anilines is 1. The van der Waals surface area contributed by atoms with Gasteiger partial charge in [0.05, 0.1) is 25.1 Å². The van der Waals surface area contributed by atoms with Crippen LogP contribution in [0.25, 0.3) is 0 Å². The second kappa shape index (κ2) is 7.32. The van der Waals surface area contributed by atoms with Crippen molar-refractivity contribution in [2.24, 2.45) is 0 Å². The highest BCUT2D eigenvalue weighted by Gasteiger charge is 2.18. The Bertz CT molecular complexity index is 490. The lowest BCUT2D eigenvalue weighted by Crippen LogP contribution is -2.22. The Hall–Kier alpha value is -2.31. The first-order valence-corrected chi connectivity index (χ1v) is 6.18. The number of carbonyl (C=O) groups excluding carboxylic acids is 1. The molecule has 0 aliphatic heterocycles. The van der Waals surface area contributed by atoms with Gasteiger partial charge >= 0.3 is 5.97 Å². The molecule has 0 saturated heterocycles. The molecule has 0 radical (unpaired) electrons. The van der Waals surface area contributed by atoms with Gasteiger partial charge in [0.1, 0.15) is 11.4 Å². The summed E-state index contributed by atoms with van der Waals surface area (Å²) >= 11 is 0. The van der Waals surface area contributed by atoms with Gasteiger partial charge in [0, 0.05) is 25.7 Å². The molecular formula is C13H18N2O5. The van der Waals surface area contributed by atoms with E-state index >= 15 is 0 Å². The van der Waals surface area contributed by atoms with Gasteiger partial charge in [0.2, 0.25) is 0 Å². The van der Waals surface area contributed by atoms with Crippen LogP contribution >= 0.6 is 0 Å². The van der Waals surface area contributed by atoms with Crippen LogP contribution in [-0.4, -0.2) is 38.2 Å². The lowest BCUT2D eigenvalue weighted by Gasteiger charge is -2.19. The Labute approximate surface area is 117 Å². The van der Waals surface area contributed by atoms with Crippen molar-refractivity contribution in [3.05, 3.63) is 28.3 Å². The minimum absolute atomic E-state index is 0.0304. The van der Waals surface area contributed by atoms with E-state index in [4.69, 9.17) is 9.47 Å². The standard InChI is InChI=1S/C13H18N2O5/c1-4-20-13(16)7-8-14(2)12-9-10(19-3)5-6-11(12)15(17)18/h5-6,9H,4,7-8H2,1-3H3. The van der Waals surface area contributed by atoms with Crippen molar-refractivity contribution in [1.82, 2.24) is 0 Å². The molecule has 20 heavy (non-hydrogen) atoms. The number of nitro groups is 1. The molecule has 0 N–H and O–H groups in total. The van der Waals surface area contributed by atoms with Crippen LogP contribution in [0.3, 0.4) is 0 Å². The highest BCUT2D eigenvalue weighted by molar-refractivity contribution is 5.71. The van der Waals surface area contributed by atoms with E-state index < -0.39 is 4.92 Å². The number of methoxy groups -OCH3 is 1. The monoisotopic (exact) mass is 282 g/mol. The average molecular weight is 282 g/mol. The lowest BCUT2D eigenvalue weighted by molar-refractivity contribution is -0.384. The Kier molecular flexibility index (Phi) is 5.76. The first-order chi connectivity index (χ1) is 9.49. The van der Waals surface area contributed by atoms with Crippen LogP contribution in [0.2, 0.25) is 0 Å². The maximum absolute atomic E-state index is 11.3. The smallest absolute Gasteiger partial charge is 0.307 e. The Morgan fingerprint density at radius 1 is 1.45 bits per heavy atom. The third-order valence-electron chi connectivity index (χ3n) is 2.75. The largest absolute Gasteiger partial charge is 0.497 e. The summed E-state index contributed by atoms with van der Waals surface area (Å²) in [6.07, 6.45) is 0.165. The fraction of sp³-hybridized carbons (Fsp3) is 0.462. The summed E-state index contributed by atoms with van der Waals surface area (Å²) in [5.74, 6) is 0.193. The van der Waals surface area contributed by atoms with Gasteiger partial charge in [-0.25, -0.2) is 0 Å². The maximum Gasteiger partial charge on any atom is 0.307 e. The Balaban J connectivity index is 2.86. The zero-order valence-electron chi connectivity index (χ0n) is 11.8. The number of nitro benzene ring substituents is 1. The second-order valence-corrected chi connectivity index (χ2v) is 4.09. The van der Waals surface area contributed by atoms with E-state index in [0.717, 1.165) is 0 Å². The van der Waals surface area contributed by atoms with Crippen LogP contribution in [0.4, 0.5) is 11.4 Å². The summed E-state index contributed by atoms with van der Waals surface area (Å²) in [5.41, 5.74) is 0.371. The molecule has 0 aliphatic rings.